The van der Waals surface area contributed by atoms with Crippen molar-refractivity contribution in [3.05, 3.63) is 35.9 Å². The maximum Gasteiger partial charge on any atom is 0.0113 e. The summed E-state index contributed by atoms with van der Waals surface area (Å²) < 4.78 is 0. The number of hydrogen-bond acceptors (Lipinski definition) is 2. The normalized spacial score (nSPS) is 21.6. The molecule has 1 aliphatic heterocycles. The van der Waals surface area contributed by atoms with Gasteiger partial charge in [-0.25, -0.2) is 0 Å². The van der Waals surface area contributed by atoms with Gasteiger partial charge in [0.2, 0.25) is 0 Å². The number of rotatable bonds is 2. The van der Waals surface area contributed by atoms with Gasteiger partial charge < -0.3 is 4.90 Å². The van der Waals surface area contributed by atoms with Crippen LogP contribution in [0.15, 0.2) is 30.3 Å². The van der Waals surface area contributed by atoms with E-state index in [1.165, 1.54) is 70.4 Å². The summed E-state index contributed by atoms with van der Waals surface area (Å²) in [6, 6.07) is 11.2. The van der Waals surface area contributed by atoms with Crippen LogP contribution in [-0.4, -0.2) is 48.6 Å². The molecule has 0 bridgehead atoms. The Morgan fingerprint density at radius 1 is 0.905 bits per heavy atom. The lowest BCUT2D eigenvalue weighted by Crippen LogP contribution is -2.50. The topological polar surface area (TPSA) is 6.48 Å². The molecule has 1 aromatic carbocycles. The largest absolute Gasteiger partial charge is 0.301 e. The minimum Gasteiger partial charge on any atom is -0.301 e. The highest BCUT2D eigenvalue weighted by Gasteiger charge is 2.24. The predicted octanol–water partition coefficient (Wildman–Crippen LogP) is 3.95. The third-order valence-corrected chi connectivity index (χ3v) is 4.89. The molecule has 1 saturated heterocycles. The van der Waals surface area contributed by atoms with E-state index in [2.05, 4.69) is 35.8 Å². The van der Waals surface area contributed by atoms with Gasteiger partial charge in [-0.05, 0) is 26.3 Å². The Hall–Kier alpha value is -0.860. The number of hydrogen-bond donors (Lipinski definition) is 0. The van der Waals surface area contributed by atoms with Gasteiger partial charge in [0.15, 0.2) is 0 Å². The number of nitrogens with zero attached hydrogens (tertiary/aromatic N) is 2. The zero-order valence-electron chi connectivity index (χ0n) is 13.9. The van der Waals surface area contributed by atoms with Gasteiger partial charge in [-0.2, -0.15) is 0 Å². The summed E-state index contributed by atoms with van der Waals surface area (Å²) in [4.78, 5) is 5.31. The van der Waals surface area contributed by atoms with Gasteiger partial charge in [-0.1, -0.05) is 62.1 Å². The minimum atomic E-state index is 0.933. The van der Waals surface area contributed by atoms with Gasteiger partial charge in [0, 0.05) is 32.2 Å². The minimum absolute atomic E-state index is 0.933. The molecule has 1 heterocycles. The fraction of sp³-hybridized carbons (Fsp3) is 0.684. The third-order valence-electron chi connectivity index (χ3n) is 4.89. The van der Waals surface area contributed by atoms with E-state index in [9.17, 15) is 0 Å². The second-order valence-electron chi connectivity index (χ2n) is 6.42. The van der Waals surface area contributed by atoms with Crippen LogP contribution < -0.4 is 0 Å². The van der Waals surface area contributed by atoms with E-state index in [-0.39, 0.29) is 0 Å². The van der Waals surface area contributed by atoms with Gasteiger partial charge in [-0.3, -0.25) is 4.90 Å². The van der Waals surface area contributed by atoms with E-state index in [1.807, 2.05) is 18.2 Å². The molecule has 2 fully saturated rings. The Labute approximate surface area is 131 Å². The van der Waals surface area contributed by atoms with Crippen LogP contribution in [0.4, 0.5) is 0 Å². The molecule has 21 heavy (non-hydrogen) atoms. The van der Waals surface area contributed by atoms with Gasteiger partial charge in [0.25, 0.3) is 0 Å². The van der Waals surface area contributed by atoms with Crippen molar-refractivity contribution in [2.45, 2.75) is 52.0 Å². The molecule has 2 nitrogen and oxygen atoms in total. The summed E-state index contributed by atoms with van der Waals surface area (Å²) >= 11 is 0. The number of piperazine rings is 1. The van der Waals surface area contributed by atoms with Crippen molar-refractivity contribution >= 4 is 0 Å². The molecule has 1 aromatic rings. The summed E-state index contributed by atoms with van der Waals surface area (Å²) in [6.45, 7) is 10.8. The van der Waals surface area contributed by atoms with Crippen molar-refractivity contribution in [3.8, 4) is 0 Å². The first-order chi connectivity index (χ1) is 10.3. The summed E-state index contributed by atoms with van der Waals surface area (Å²) in [5.74, 6) is 0. The molecule has 118 valence electrons. The zero-order valence-corrected chi connectivity index (χ0v) is 13.9. The monoisotopic (exact) mass is 288 g/mol. The lowest BCUT2D eigenvalue weighted by atomic mass is 9.94. The van der Waals surface area contributed by atoms with E-state index < -0.39 is 0 Å². The molecule has 3 rings (SSSR count). The van der Waals surface area contributed by atoms with E-state index in [0.717, 1.165) is 6.04 Å². The summed E-state index contributed by atoms with van der Waals surface area (Å²) in [5.41, 5.74) is 1.32. The Kier molecular flexibility index (Phi) is 7.25. The number of likely N-dealkylation sites (N-methyl/N-ethyl adjacent to an activating group) is 1. The first-order valence-electron chi connectivity index (χ1n) is 8.77. The number of aryl methyl sites for hydroxylation is 1. The van der Waals surface area contributed by atoms with Crippen LogP contribution in [0.5, 0.6) is 0 Å². The quantitative estimate of drug-likeness (QED) is 0.813. The van der Waals surface area contributed by atoms with Crippen LogP contribution in [0.25, 0.3) is 0 Å². The summed E-state index contributed by atoms with van der Waals surface area (Å²) in [6.07, 6.45) is 7.35. The van der Waals surface area contributed by atoms with Crippen LogP contribution >= 0.6 is 0 Å². The van der Waals surface area contributed by atoms with Crippen LogP contribution in [0.2, 0.25) is 0 Å². The molecule has 0 unspecified atom stereocenters. The van der Waals surface area contributed by atoms with E-state index >= 15 is 0 Å². The Bertz CT molecular complexity index is 362. The van der Waals surface area contributed by atoms with Crippen LogP contribution in [-0.2, 0) is 0 Å². The molecule has 2 heteroatoms. The van der Waals surface area contributed by atoms with Gasteiger partial charge in [0.1, 0.15) is 0 Å². The molecule has 0 amide bonds. The van der Waals surface area contributed by atoms with Crippen molar-refractivity contribution in [3.63, 3.8) is 0 Å². The van der Waals surface area contributed by atoms with Crippen molar-refractivity contribution < 1.29 is 0 Å². The molecule has 0 spiro atoms. The zero-order chi connectivity index (χ0) is 14.9. The third kappa shape index (κ3) is 5.80. The van der Waals surface area contributed by atoms with Crippen molar-refractivity contribution in [2.75, 3.05) is 32.7 Å². The Balaban J connectivity index is 0.000000194. The molecule has 1 saturated carbocycles. The highest BCUT2D eigenvalue weighted by Crippen LogP contribution is 2.23. The fourth-order valence-electron chi connectivity index (χ4n) is 3.43. The average molecular weight is 288 g/mol. The molecule has 0 N–H and O–H groups in total. The second kappa shape index (κ2) is 9.22. The van der Waals surface area contributed by atoms with Crippen molar-refractivity contribution in [1.82, 2.24) is 9.80 Å². The highest BCUT2D eigenvalue weighted by molar-refractivity contribution is 5.11. The Morgan fingerprint density at radius 3 is 2.00 bits per heavy atom. The highest BCUT2D eigenvalue weighted by atomic mass is 15.3. The molecular formula is C19H32N2. The van der Waals surface area contributed by atoms with Crippen LogP contribution in [0.1, 0.15) is 44.6 Å². The standard InChI is InChI=1S/C12H24N2.C7H8/c1-2-13-8-10-14(11-9-13)12-6-4-3-5-7-12;1-7-5-3-2-4-6-7/h12H,2-11H2,1H3;2-6H,1H3. The van der Waals surface area contributed by atoms with Crippen LogP contribution in [0.3, 0.4) is 0 Å². The van der Waals surface area contributed by atoms with E-state index in [4.69, 9.17) is 0 Å². The molecule has 0 atom stereocenters. The maximum atomic E-state index is 2.74. The first-order valence-corrected chi connectivity index (χ1v) is 8.77. The summed E-state index contributed by atoms with van der Waals surface area (Å²) in [7, 11) is 0. The SMILES string of the molecule is CCN1CCN(C2CCCCC2)CC1.Cc1ccccc1. The molecule has 0 aromatic heterocycles. The maximum absolute atomic E-state index is 2.74. The number of benzene rings is 1. The molecular weight excluding hydrogens is 256 g/mol. The van der Waals surface area contributed by atoms with Gasteiger partial charge in [-0.15, -0.1) is 0 Å². The summed E-state index contributed by atoms with van der Waals surface area (Å²) in [5, 5.41) is 0. The smallest absolute Gasteiger partial charge is 0.0113 e. The molecule has 1 aliphatic carbocycles. The molecule has 2 aliphatic rings. The predicted molar refractivity (Wildman–Crippen MR) is 91.7 cm³/mol. The lowest BCUT2D eigenvalue weighted by molar-refractivity contribution is 0.0817. The second-order valence-corrected chi connectivity index (χ2v) is 6.42. The fourth-order valence-corrected chi connectivity index (χ4v) is 3.43. The lowest BCUT2D eigenvalue weighted by Gasteiger charge is -2.40. The average Bonchev–Trinajstić information content (AvgIpc) is 2.57. The van der Waals surface area contributed by atoms with Gasteiger partial charge >= 0.3 is 0 Å². The van der Waals surface area contributed by atoms with E-state index in [0.29, 0.717) is 0 Å². The van der Waals surface area contributed by atoms with Crippen LogP contribution in [0, 0.1) is 6.92 Å². The Morgan fingerprint density at radius 2 is 1.52 bits per heavy atom. The van der Waals surface area contributed by atoms with Crippen molar-refractivity contribution in [2.24, 2.45) is 0 Å². The first kappa shape index (κ1) is 16.5. The molecule has 0 radical (unpaired) electrons. The van der Waals surface area contributed by atoms with E-state index in [1.54, 1.807) is 0 Å². The van der Waals surface area contributed by atoms with Gasteiger partial charge in [0.05, 0.1) is 0 Å². The van der Waals surface area contributed by atoms with Crippen molar-refractivity contribution in [1.29, 1.82) is 0 Å².